The molecule has 2 aromatic heterocycles. The number of para-hydroxylation sites is 1. The van der Waals surface area contributed by atoms with Gasteiger partial charge in [-0.2, -0.15) is 5.26 Å². The molecule has 0 saturated carbocycles. The molecule has 0 bridgehead atoms. The summed E-state index contributed by atoms with van der Waals surface area (Å²) >= 11 is 1.54. The number of benzene rings is 2. The Labute approximate surface area is 137 Å². The van der Waals surface area contributed by atoms with Crippen LogP contribution in [0.5, 0.6) is 0 Å². The maximum Gasteiger partial charge on any atom is 0.135 e. The first-order valence-corrected chi connectivity index (χ1v) is 7.98. The summed E-state index contributed by atoms with van der Waals surface area (Å²) in [6.45, 7) is 0. The van der Waals surface area contributed by atoms with Gasteiger partial charge in [-0.1, -0.05) is 24.3 Å². The first-order chi connectivity index (χ1) is 11.3. The Balaban J connectivity index is 1.81. The van der Waals surface area contributed by atoms with E-state index in [9.17, 15) is 5.26 Å². The van der Waals surface area contributed by atoms with Crippen LogP contribution in [-0.2, 0) is 0 Å². The predicted molar refractivity (Wildman–Crippen MR) is 94.8 cm³/mol. The predicted octanol–water partition coefficient (Wildman–Crippen LogP) is 4.91. The number of nitrogens with zero attached hydrogens (tertiary/aromatic N) is 3. The van der Waals surface area contributed by atoms with Crippen molar-refractivity contribution in [3.63, 3.8) is 0 Å². The van der Waals surface area contributed by atoms with Gasteiger partial charge in [0.15, 0.2) is 0 Å². The van der Waals surface area contributed by atoms with Gasteiger partial charge in [-0.15, -0.1) is 11.3 Å². The number of pyridine rings is 1. The van der Waals surface area contributed by atoms with E-state index >= 15 is 0 Å². The molecular formula is C19H11N3S. The molecule has 0 unspecified atom stereocenters. The van der Waals surface area contributed by atoms with Crippen LogP contribution in [0.1, 0.15) is 10.6 Å². The Morgan fingerprint density at radius 3 is 2.83 bits per heavy atom. The van der Waals surface area contributed by atoms with E-state index in [1.165, 1.54) is 11.3 Å². The first kappa shape index (κ1) is 13.6. The van der Waals surface area contributed by atoms with Crippen molar-refractivity contribution in [3.05, 3.63) is 71.4 Å². The van der Waals surface area contributed by atoms with Crippen molar-refractivity contribution < 1.29 is 0 Å². The molecule has 2 aromatic carbocycles. The number of hydrogen-bond acceptors (Lipinski definition) is 4. The molecule has 2 heterocycles. The monoisotopic (exact) mass is 313 g/mol. The second-order valence-electron chi connectivity index (χ2n) is 5.11. The van der Waals surface area contributed by atoms with Gasteiger partial charge in [-0.05, 0) is 42.0 Å². The van der Waals surface area contributed by atoms with Crippen LogP contribution in [0, 0.1) is 11.3 Å². The molecule has 0 N–H and O–H groups in total. The van der Waals surface area contributed by atoms with Crippen LogP contribution >= 0.6 is 11.3 Å². The number of aromatic nitrogens is 2. The fourth-order valence-electron chi connectivity index (χ4n) is 2.48. The third-order valence-electron chi connectivity index (χ3n) is 3.58. The van der Waals surface area contributed by atoms with Crippen LogP contribution in [0.2, 0.25) is 0 Å². The molecular weight excluding hydrogens is 302 g/mol. The van der Waals surface area contributed by atoms with Crippen molar-refractivity contribution in [2.75, 3.05) is 0 Å². The number of thiazole rings is 1. The minimum Gasteiger partial charge on any atom is -0.256 e. The van der Waals surface area contributed by atoms with Crippen molar-refractivity contribution in [1.82, 2.24) is 9.97 Å². The summed E-state index contributed by atoms with van der Waals surface area (Å²) in [6, 6.07) is 20.1. The number of rotatable bonds is 2. The number of allylic oxidation sites excluding steroid dienone is 1. The highest BCUT2D eigenvalue weighted by molar-refractivity contribution is 7.19. The van der Waals surface area contributed by atoms with Gasteiger partial charge in [0.2, 0.25) is 0 Å². The molecule has 3 nitrogen and oxygen atoms in total. The average Bonchev–Trinajstić information content (AvgIpc) is 3.03. The van der Waals surface area contributed by atoms with E-state index in [0.717, 1.165) is 31.7 Å². The third-order valence-corrected chi connectivity index (χ3v) is 4.65. The quantitative estimate of drug-likeness (QED) is 0.494. The van der Waals surface area contributed by atoms with E-state index in [1.807, 2.05) is 60.7 Å². The van der Waals surface area contributed by atoms with Crippen molar-refractivity contribution in [1.29, 1.82) is 5.26 Å². The van der Waals surface area contributed by atoms with Crippen LogP contribution in [-0.4, -0.2) is 9.97 Å². The van der Waals surface area contributed by atoms with Crippen molar-refractivity contribution in [2.24, 2.45) is 0 Å². The van der Waals surface area contributed by atoms with E-state index in [4.69, 9.17) is 0 Å². The smallest absolute Gasteiger partial charge is 0.135 e. The molecule has 0 fully saturated rings. The zero-order valence-electron chi connectivity index (χ0n) is 12.1. The standard InChI is InChI=1S/C19H11N3S/c20-12-15(19-22-17-5-1-2-6-18(17)23-19)11-13-7-8-16-14(10-13)4-3-9-21-16/h1-11H/b15-11+. The topological polar surface area (TPSA) is 49.6 Å². The van der Waals surface area contributed by atoms with Crippen LogP contribution in [0.25, 0.3) is 32.8 Å². The van der Waals surface area contributed by atoms with Gasteiger partial charge in [-0.25, -0.2) is 4.98 Å². The van der Waals surface area contributed by atoms with Gasteiger partial charge < -0.3 is 0 Å². The molecule has 4 rings (SSSR count). The largest absolute Gasteiger partial charge is 0.256 e. The molecule has 0 spiro atoms. The fourth-order valence-corrected chi connectivity index (χ4v) is 3.41. The van der Waals surface area contributed by atoms with Crippen molar-refractivity contribution >= 4 is 44.1 Å². The second kappa shape index (κ2) is 5.64. The number of fused-ring (bicyclic) bond motifs is 2. The van der Waals surface area contributed by atoms with Crippen LogP contribution in [0.15, 0.2) is 60.8 Å². The summed E-state index contributed by atoms with van der Waals surface area (Å²) in [5, 5.41) is 11.3. The van der Waals surface area contributed by atoms with Crippen LogP contribution < -0.4 is 0 Å². The Kier molecular flexibility index (Phi) is 3.34. The summed E-state index contributed by atoms with van der Waals surface area (Å²) in [5.41, 5.74) is 3.43. The SMILES string of the molecule is N#C/C(=C\c1ccc2ncccc2c1)c1nc2ccccc2s1. The van der Waals surface area contributed by atoms with Gasteiger partial charge in [0.05, 0.1) is 21.3 Å². The zero-order valence-corrected chi connectivity index (χ0v) is 12.9. The lowest BCUT2D eigenvalue weighted by Crippen LogP contribution is -1.82. The Bertz CT molecular complexity index is 1050. The van der Waals surface area contributed by atoms with E-state index in [-0.39, 0.29) is 0 Å². The highest BCUT2D eigenvalue weighted by Crippen LogP contribution is 2.28. The van der Waals surface area contributed by atoms with E-state index in [0.29, 0.717) is 5.57 Å². The maximum atomic E-state index is 9.52. The Hall–Kier alpha value is -3.03. The summed E-state index contributed by atoms with van der Waals surface area (Å²) in [5.74, 6) is 0. The summed E-state index contributed by atoms with van der Waals surface area (Å²) in [6.07, 6.45) is 3.66. The molecule has 4 aromatic rings. The van der Waals surface area contributed by atoms with Gasteiger partial charge in [0, 0.05) is 11.6 Å². The number of hydrogen-bond donors (Lipinski definition) is 0. The third kappa shape index (κ3) is 2.59. The van der Waals surface area contributed by atoms with Crippen LogP contribution in [0.3, 0.4) is 0 Å². The molecule has 108 valence electrons. The second-order valence-corrected chi connectivity index (χ2v) is 6.14. The summed E-state index contributed by atoms with van der Waals surface area (Å²) in [4.78, 5) is 8.87. The Morgan fingerprint density at radius 2 is 1.96 bits per heavy atom. The lowest BCUT2D eigenvalue weighted by Gasteiger charge is -1.99. The highest BCUT2D eigenvalue weighted by Gasteiger charge is 2.08. The maximum absolute atomic E-state index is 9.52. The normalized spacial score (nSPS) is 11.7. The summed E-state index contributed by atoms with van der Waals surface area (Å²) < 4.78 is 1.09. The van der Waals surface area contributed by atoms with Gasteiger partial charge in [0.25, 0.3) is 0 Å². The first-order valence-electron chi connectivity index (χ1n) is 7.16. The van der Waals surface area contributed by atoms with Gasteiger partial charge in [-0.3, -0.25) is 4.98 Å². The number of nitriles is 1. The van der Waals surface area contributed by atoms with Crippen molar-refractivity contribution in [3.8, 4) is 6.07 Å². The molecule has 0 amide bonds. The highest BCUT2D eigenvalue weighted by atomic mass is 32.1. The van der Waals surface area contributed by atoms with E-state index in [2.05, 4.69) is 16.0 Å². The zero-order chi connectivity index (χ0) is 15.6. The molecule has 0 aliphatic carbocycles. The minimum absolute atomic E-state index is 0.578. The molecule has 0 saturated heterocycles. The molecule has 0 atom stereocenters. The Morgan fingerprint density at radius 1 is 1.04 bits per heavy atom. The molecule has 23 heavy (non-hydrogen) atoms. The van der Waals surface area contributed by atoms with Gasteiger partial charge >= 0.3 is 0 Å². The van der Waals surface area contributed by atoms with E-state index in [1.54, 1.807) is 6.20 Å². The van der Waals surface area contributed by atoms with E-state index < -0.39 is 0 Å². The lowest BCUT2D eigenvalue weighted by atomic mass is 10.1. The molecule has 0 aliphatic rings. The molecule has 0 radical (unpaired) electrons. The minimum atomic E-state index is 0.578. The van der Waals surface area contributed by atoms with Crippen molar-refractivity contribution in [2.45, 2.75) is 0 Å². The van der Waals surface area contributed by atoms with Gasteiger partial charge in [0.1, 0.15) is 11.1 Å². The summed E-state index contributed by atoms with van der Waals surface area (Å²) in [7, 11) is 0. The van der Waals surface area contributed by atoms with Crippen LogP contribution in [0.4, 0.5) is 0 Å². The lowest BCUT2D eigenvalue weighted by molar-refractivity contribution is 1.41. The average molecular weight is 313 g/mol. The fraction of sp³-hybridized carbons (Fsp3) is 0. The molecule has 4 heteroatoms. The molecule has 0 aliphatic heterocycles.